The molecule has 0 N–H and O–H groups in total. The van der Waals surface area contributed by atoms with E-state index in [4.69, 9.17) is 4.74 Å². The van der Waals surface area contributed by atoms with Gasteiger partial charge in [-0.15, -0.1) is 10.2 Å². The molecule has 1 amide bonds. The summed E-state index contributed by atoms with van der Waals surface area (Å²) < 4.78 is 7.14. The Morgan fingerprint density at radius 3 is 2.84 bits per heavy atom. The zero-order chi connectivity index (χ0) is 17.2. The zero-order valence-electron chi connectivity index (χ0n) is 14.1. The van der Waals surface area contributed by atoms with Gasteiger partial charge in [-0.3, -0.25) is 9.20 Å². The summed E-state index contributed by atoms with van der Waals surface area (Å²) in [6.07, 6.45) is 4.25. The van der Waals surface area contributed by atoms with Crippen LogP contribution in [0.25, 0.3) is 5.65 Å². The second-order valence-electron chi connectivity index (χ2n) is 6.26. The van der Waals surface area contributed by atoms with Crippen molar-refractivity contribution < 1.29 is 9.53 Å². The van der Waals surface area contributed by atoms with Crippen LogP contribution in [0.2, 0.25) is 0 Å². The van der Waals surface area contributed by atoms with E-state index < -0.39 is 0 Å². The first-order valence-corrected chi connectivity index (χ1v) is 8.48. The number of nitrogens with zero attached hydrogens (tertiary/aromatic N) is 4. The van der Waals surface area contributed by atoms with Gasteiger partial charge in [-0.1, -0.05) is 18.2 Å². The fraction of sp³-hybridized carbons (Fsp3) is 0.316. The van der Waals surface area contributed by atoms with E-state index in [1.807, 2.05) is 58.0 Å². The van der Waals surface area contributed by atoms with Crippen molar-refractivity contribution in [2.45, 2.75) is 25.3 Å². The topological polar surface area (TPSA) is 59.7 Å². The number of ether oxygens (including phenoxy) is 1. The number of benzene rings is 1. The van der Waals surface area contributed by atoms with E-state index >= 15 is 0 Å². The average Bonchev–Trinajstić information content (AvgIpc) is 3.29. The first-order chi connectivity index (χ1) is 12.3. The Kier molecular flexibility index (Phi) is 4.09. The molecule has 6 nitrogen and oxygen atoms in total. The summed E-state index contributed by atoms with van der Waals surface area (Å²) in [5.74, 6) is 1.77. The van der Waals surface area contributed by atoms with Gasteiger partial charge in [0.1, 0.15) is 5.75 Å². The van der Waals surface area contributed by atoms with Crippen molar-refractivity contribution in [3.8, 4) is 5.75 Å². The minimum Gasteiger partial charge on any atom is -0.497 e. The van der Waals surface area contributed by atoms with Crippen LogP contribution in [0.5, 0.6) is 5.75 Å². The second kappa shape index (κ2) is 6.55. The van der Waals surface area contributed by atoms with Crippen LogP contribution in [0.15, 0.2) is 48.7 Å². The normalized spacial score (nSPS) is 17.2. The Labute approximate surface area is 146 Å². The molecule has 0 saturated carbocycles. The smallest absolute Gasteiger partial charge is 0.227 e. The Hall–Kier alpha value is -2.89. The van der Waals surface area contributed by atoms with Crippen LogP contribution in [-0.2, 0) is 11.2 Å². The molecule has 0 bridgehead atoms. The molecule has 25 heavy (non-hydrogen) atoms. The number of carbonyl (C=O) groups excluding carboxylic acids is 1. The lowest BCUT2D eigenvalue weighted by atomic mass is 10.1. The lowest BCUT2D eigenvalue weighted by Gasteiger charge is -2.23. The fourth-order valence-electron chi connectivity index (χ4n) is 3.44. The first-order valence-electron chi connectivity index (χ1n) is 8.48. The molecule has 3 aromatic rings. The van der Waals surface area contributed by atoms with Gasteiger partial charge < -0.3 is 9.64 Å². The van der Waals surface area contributed by atoms with Crippen LogP contribution in [-0.4, -0.2) is 39.1 Å². The van der Waals surface area contributed by atoms with Crippen molar-refractivity contribution >= 4 is 11.6 Å². The first kappa shape index (κ1) is 15.6. The number of hydrogen-bond acceptors (Lipinski definition) is 4. The van der Waals surface area contributed by atoms with E-state index in [1.165, 1.54) is 0 Å². The van der Waals surface area contributed by atoms with Crippen molar-refractivity contribution in [2.24, 2.45) is 0 Å². The maximum Gasteiger partial charge on any atom is 0.227 e. The van der Waals surface area contributed by atoms with Crippen LogP contribution in [0.1, 0.15) is 30.3 Å². The van der Waals surface area contributed by atoms with Gasteiger partial charge in [-0.25, -0.2) is 0 Å². The summed E-state index contributed by atoms with van der Waals surface area (Å²) in [7, 11) is 1.64. The Morgan fingerprint density at radius 2 is 2.04 bits per heavy atom. The number of hydrogen-bond donors (Lipinski definition) is 0. The van der Waals surface area contributed by atoms with E-state index in [2.05, 4.69) is 10.2 Å². The van der Waals surface area contributed by atoms with E-state index in [0.29, 0.717) is 6.42 Å². The second-order valence-corrected chi connectivity index (χ2v) is 6.26. The van der Waals surface area contributed by atoms with Crippen molar-refractivity contribution in [3.05, 3.63) is 60.0 Å². The van der Waals surface area contributed by atoms with Crippen LogP contribution in [0.4, 0.5) is 0 Å². The Balaban J connectivity index is 1.55. The maximum atomic E-state index is 12.8. The number of carbonyl (C=O) groups is 1. The van der Waals surface area contributed by atoms with Crippen molar-refractivity contribution in [1.29, 1.82) is 0 Å². The standard InChI is InChI=1S/C19H20N4O2/c1-25-15-9-7-14(8-10-15)13-18(24)22-12-4-5-16(22)19-21-20-17-6-2-3-11-23(17)19/h2-3,6-11,16H,4-5,12-13H2,1H3/t16-/m0/s1. The van der Waals surface area contributed by atoms with Crippen molar-refractivity contribution in [2.75, 3.05) is 13.7 Å². The molecule has 1 saturated heterocycles. The minimum absolute atomic E-state index is 0.0110. The third-order valence-corrected chi connectivity index (χ3v) is 4.73. The molecule has 1 aromatic carbocycles. The highest BCUT2D eigenvalue weighted by Crippen LogP contribution is 2.31. The van der Waals surface area contributed by atoms with E-state index in [-0.39, 0.29) is 11.9 Å². The summed E-state index contributed by atoms with van der Waals surface area (Å²) in [4.78, 5) is 14.8. The predicted molar refractivity (Wildman–Crippen MR) is 93.4 cm³/mol. The van der Waals surface area contributed by atoms with Crippen LogP contribution in [0, 0.1) is 0 Å². The van der Waals surface area contributed by atoms with Gasteiger partial charge in [0, 0.05) is 12.7 Å². The fourth-order valence-corrected chi connectivity index (χ4v) is 3.44. The average molecular weight is 336 g/mol. The highest BCUT2D eigenvalue weighted by molar-refractivity contribution is 5.79. The van der Waals surface area contributed by atoms with Gasteiger partial charge in [0.05, 0.1) is 19.6 Å². The van der Waals surface area contributed by atoms with Gasteiger partial charge in [-0.2, -0.15) is 0 Å². The summed E-state index contributed by atoms with van der Waals surface area (Å²) in [6, 6.07) is 13.5. The monoisotopic (exact) mass is 336 g/mol. The molecule has 0 unspecified atom stereocenters. The SMILES string of the molecule is COc1ccc(CC(=O)N2CCC[C@H]2c2nnc3ccccn23)cc1. The van der Waals surface area contributed by atoms with Gasteiger partial charge in [0.15, 0.2) is 11.5 Å². The largest absolute Gasteiger partial charge is 0.497 e. The molecule has 6 heteroatoms. The number of likely N-dealkylation sites (tertiary alicyclic amines) is 1. The minimum atomic E-state index is -0.0110. The molecular formula is C19H20N4O2. The van der Waals surface area contributed by atoms with Gasteiger partial charge in [0.25, 0.3) is 0 Å². The zero-order valence-corrected chi connectivity index (χ0v) is 14.1. The summed E-state index contributed by atoms with van der Waals surface area (Å²) in [6.45, 7) is 0.765. The molecule has 128 valence electrons. The number of methoxy groups -OCH3 is 1. The molecule has 1 fully saturated rings. The third kappa shape index (κ3) is 2.95. The van der Waals surface area contributed by atoms with Gasteiger partial charge >= 0.3 is 0 Å². The lowest BCUT2D eigenvalue weighted by molar-refractivity contribution is -0.131. The molecule has 1 atom stereocenters. The molecular weight excluding hydrogens is 316 g/mol. The van der Waals surface area contributed by atoms with E-state index in [9.17, 15) is 4.79 Å². The van der Waals surface area contributed by atoms with Crippen molar-refractivity contribution in [3.63, 3.8) is 0 Å². The number of aromatic nitrogens is 3. The van der Waals surface area contributed by atoms with Crippen LogP contribution in [0.3, 0.4) is 0 Å². The molecule has 4 rings (SSSR count). The van der Waals surface area contributed by atoms with E-state index in [0.717, 1.165) is 42.2 Å². The molecule has 0 spiro atoms. The molecule has 2 aromatic heterocycles. The number of fused-ring (bicyclic) bond motifs is 1. The number of pyridine rings is 1. The molecule has 0 aliphatic carbocycles. The lowest BCUT2D eigenvalue weighted by Crippen LogP contribution is -2.32. The molecule has 1 aliphatic heterocycles. The Bertz CT molecular complexity index is 888. The summed E-state index contributed by atoms with van der Waals surface area (Å²) in [5, 5.41) is 8.56. The quantitative estimate of drug-likeness (QED) is 0.735. The molecule has 3 heterocycles. The summed E-state index contributed by atoms with van der Waals surface area (Å²) >= 11 is 0. The molecule has 1 aliphatic rings. The predicted octanol–water partition coefficient (Wildman–Crippen LogP) is 2.64. The van der Waals surface area contributed by atoms with Crippen LogP contribution >= 0.6 is 0 Å². The molecule has 0 radical (unpaired) electrons. The third-order valence-electron chi connectivity index (χ3n) is 4.73. The van der Waals surface area contributed by atoms with Crippen LogP contribution < -0.4 is 4.74 Å². The van der Waals surface area contributed by atoms with Crippen molar-refractivity contribution in [1.82, 2.24) is 19.5 Å². The number of rotatable bonds is 4. The van der Waals surface area contributed by atoms with Gasteiger partial charge in [-0.05, 0) is 42.7 Å². The highest BCUT2D eigenvalue weighted by Gasteiger charge is 2.33. The summed E-state index contributed by atoms with van der Waals surface area (Å²) in [5.41, 5.74) is 1.80. The van der Waals surface area contributed by atoms with Gasteiger partial charge in [0.2, 0.25) is 5.91 Å². The highest BCUT2D eigenvalue weighted by atomic mass is 16.5. The number of amides is 1. The Morgan fingerprint density at radius 1 is 1.20 bits per heavy atom. The maximum absolute atomic E-state index is 12.8. The van der Waals surface area contributed by atoms with E-state index in [1.54, 1.807) is 7.11 Å².